The number of methoxy groups -OCH3 is 1. The van der Waals surface area contributed by atoms with Crippen LogP contribution in [0.4, 0.5) is 5.69 Å². The zero-order chi connectivity index (χ0) is 19.3. The molecule has 4 rings (SSSR count). The number of fused-ring (bicyclic) bond motifs is 2. The van der Waals surface area contributed by atoms with Gasteiger partial charge in [-0.3, -0.25) is 9.69 Å². The Labute approximate surface area is 168 Å². The summed E-state index contributed by atoms with van der Waals surface area (Å²) in [6.07, 6.45) is 9.01. The van der Waals surface area contributed by atoms with Gasteiger partial charge in [-0.05, 0) is 56.2 Å². The third kappa shape index (κ3) is 4.35. The van der Waals surface area contributed by atoms with Gasteiger partial charge in [-0.1, -0.05) is 24.3 Å². The van der Waals surface area contributed by atoms with Crippen LogP contribution < -0.4 is 15.0 Å². The van der Waals surface area contributed by atoms with Crippen molar-refractivity contribution in [2.45, 2.75) is 25.7 Å². The van der Waals surface area contributed by atoms with E-state index in [9.17, 15) is 4.79 Å². The van der Waals surface area contributed by atoms with Crippen molar-refractivity contribution in [2.24, 2.45) is 17.8 Å². The number of ether oxygens (including phenoxy) is 1. The van der Waals surface area contributed by atoms with E-state index < -0.39 is 0 Å². The minimum absolute atomic E-state index is 0.234. The van der Waals surface area contributed by atoms with Crippen molar-refractivity contribution in [3.05, 3.63) is 36.4 Å². The van der Waals surface area contributed by atoms with Crippen LogP contribution in [0.5, 0.6) is 5.75 Å². The highest BCUT2D eigenvalue weighted by molar-refractivity contribution is 5.79. The maximum Gasteiger partial charge on any atom is 0.223 e. The fourth-order valence-corrected chi connectivity index (χ4v) is 4.99. The van der Waals surface area contributed by atoms with Crippen molar-refractivity contribution in [3.63, 3.8) is 0 Å². The van der Waals surface area contributed by atoms with Crippen LogP contribution in [0.3, 0.4) is 0 Å². The molecule has 1 saturated carbocycles. The van der Waals surface area contributed by atoms with Gasteiger partial charge in [-0.2, -0.15) is 0 Å². The third-order valence-electron chi connectivity index (χ3n) is 6.61. The van der Waals surface area contributed by atoms with E-state index in [1.165, 1.54) is 12.1 Å². The van der Waals surface area contributed by atoms with E-state index in [4.69, 9.17) is 4.74 Å². The number of hydrogen-bond acceptors (Lipinski definition) is 4. The van der Waals surface area contributed by atoms with Crippen LogP contribution in [0.15, 0.2) is 36.4 Å². The molecule has 28 heavy (non-hydrogen) atoms. The highest BCUT2D eigenvalue weighted by Crippen LogP contribution is 2.43. The Bertz CT molecular complexity index is 697. The lowest BCUT2D eigenvalue weighted by Gasteiger charge is -2.36. The average Bonchev–Trinajstić information content (AvgIpc) is 3.37. The molecule has 1 aromatic carbocycles. The lowest BCUT2D eigenvalue weighted by molar-refractivity contribution is -0.125. The monoisotopic (exact) mass is 383 g/mol. The lowest BCUT2D eigenvalue weighted by atomic mass is 9.93. The van der Waals surface area contributed by atoms with Crippen molar-refractivity contribution in [2.75, 3.05) is 51.3 Å². The number of rotatable bonds is 8. The largest absolute Gasteiger partial charge is 0.495 e. The number of allylic oxidation sites excluding steroid dienone is 2. The minimum atomic E-state index is 0.234. The molecule has 2 aliphatic carbocycles. The van der Waals surface area contributed by atoms with Crippen molar-refractivity contribution in [1.82, 2.24) is 10.2 Å². The molecule has 2 bridgehead atoms. The summed E-state index contributed by atoms with van der Waals surface area (Å²) < 4.78 is 5.50. The normalized spacial score (nSPS) is 26.6. The average molecular weight is 384 g/mol. The van der Waals surface area contributed by atoms with E-state index in [0.717, 1.165) is 64.3 Å². The Morgan fingerprint density at radius 3 is 2.64 bits per heavy atom. The van der Waals surface area contributed by atoms with Crippen LogP contribution in [-0.2, 0) is 4.79 Å². The summed E-state index contributed by atoms with van der Waals surface area (Å²) in [6.45, 7) is 6.18. The number of piperazine rings is 1. The van der Waals surface area contributed by atoms with Crippen molar-refractivity contribution in [3.8, 4) is 5.75 Å². The van der Waals surface area contributed by atoms with Crippen LogP contribution in [0.2, 0.25) is 0 Å². The topological polar surface area (TPSA) is 44.8 Å². The molecule has 1 saturated heterocycles. The Balaban J connectivity index is 1.11. The van der Waals surface area contributed by atoms with Gasteiger partial charge in [-0.25, -0.2) is 0 Å². The quantitative estimate of drug-likeness (QED) is 0.554. The summed E-state index contributed by atoms with van der Waals surface area (Å²) >= 11 is 0. The number of hydrogen-bond donors (Lipinski definition) is 1. The molecule has 152 valence electrons. The number of unbranched alkanes of at least 4 members (excludes halogenated alkanes) is 1. The molecule has 1 aromatic rings. The number of nitrogens with zero attached hydrogens (tertiary/aromatic N) is 2. The molecule has 1 aliphatic heterocycles. The summed E-state index contributed by atoms with van der Waals surface area (Å²) in [4.78, 5) is 17.3. The number of anilines is 1. The van der Waals surface area contributed by atoms with Gasteiger partial charge in [0.15, 0.2) is 0 Å². The Morgan fingerprint density at radius 1 is 1.11 bits per heavy atom. The lowest BCUT2D eigenvalue weighted by Crippen LogP contribution is -2.46. The molecule has 2 fully saturated rings. The summed E-state index contributed by atoms with van der Waals surface area (Å²) in [5.74, 6) is 2.64. The van der Waals surface area contributed by atoms with Crippen molar-refractivity contribution in [1.29, 1.82) is 0 Å². The van der Waals surface area contributed by atoms with E-state index in [1.807, 2.05) is 12.1 Å². The zero-order valence-electron chi connectivity index (χ0n) is 17.0. The van der Waals surface area contributed by atoms with E-state index in [2.05, 4.69) is 39.4 Å². The van der Waals surface area contributed by atoms with Gasteiger partial charge in [0.2, 0.25) is 5.91 Å². The first-order valence-electron chi connectivity index (χ1n) is 10.8. The maximum atomic E-state index is 12.4. The predicted molar refractivity (Wildman–Crippen MR) is 113 cm³/mol. The second kappa shape index (κ2) is 8.99. The van der Waals surface area contributed by atoms with Crippen LogP contribution in [0, 0.1) is 17.8 Å². The molecule has 1 amide bonds. The molecule has 5 heteroatoms. The zero-order valence-corrected chi connectivity index (χ0v) is 17.0. The molecule has 3 atom stereocenters. The van der Waals surface area contributed by atoms with E-state index in [-0.39, 0.29) is 11.8 Å². The first-order chi connectivity index (χ1) is 13.7. The number of carbonyl (C=O) groups is 1. The molecule has 1 N–H and O–H groups in total. The standard InChI is InChI=1S/C23H33N3O2/c1-28-22-7-3-2-6-21(22)26-14-12-25(13-15-26)11-5-4-10-24-23(27)20-17-18-8-9-19(20)16-18/h2-3,6-9,18-20H,4-5,10-17H2,1H3,(H,24,27)/t18-,19+,20?/m0/s1. The molecule has 0 spiro atoms. The van der Waals surface area contributed by atoms with Gasteiger partial charge < -0.3 is 15.0 Å². The van der Waals surface area contributed by atoms with Gasteiger partial charge in [0.25, 0.3) is 0 Å². The number of benzene rings is 1. The molecular weight excluding hydrogens is 350 g/mol. The molecule has 1 unspecified atom stereocenters. The first-order valence-corrected chi connectivity index (χ1v) is 10.8. The first kappa shape index (κ1) is 19.3. The van der Waals surface area contributed by atoms with Crippen molar-refractivity contribution >= 4 is 11.6 Å². The maximum absolute atomic E-state index is 12.4. The molecule has 0 radical (unpaired) electrons. The second-order valence-corrected chi connectivity index (χ2v) is 8.39. The second-order valence-electron chi connectivity index (χ2n) is 8.39. The van der Waals surface area contributed by atoms with Gasteiger partial charge >= 0.3 is 0 Å². The molecular formula is C23H33N3O2. The highest BCUT2D eigenvalue weighted by Gasteiger charge is 2.39. The van der Waals surface area contributed by atoms with E-state index in [0.29, 0.717) is 11.8 Å². The van der Waals surface area contributed by atoms with E-state index in [1.54, 1.807) is 7.11 Å². The number of nitrogens with one attached hydrogen (secondary N) is 1. The van der Waals surface area contributed by atoms with Gasteiger partial charge in [-0.15, -0.1) is 0 Å². The molecule has 5 nitrogen and oxygen atoms in total. The molecule has 1 heterocycles. The van der Waals surface area contributed by atoms with Gasteiger partial charge in [0.05, 0.1) is 12.8 Å². The SMILES string of the molecule is COc1ccccc1N1CCN(CCCCNC(=O)C2C[C@H]3C=C[C@@H]2C3)CC1. The summed E-state index contributed by atoms with van der Waals surface area (Å²) in [5.41, 5.74) is 1.20. The van der Waals surface area contributed by atoms with Crippen LogP contribution in [0.25, 0.3) is 0 Å². The van der Waals surface area contributed by atoms with Crippen molar-refractivity contribution < 1.29 is 9.53 Å². The number of carbonyl (C=O) groups excluding carboxylic acids is 1. The van der Waals surface area contributed by atoms with Crippen LogP contribution in [-0.4, -0.2) is 57.2 Å². The smallest absolute Gasteiger partial charge is 0.223 e. The van der Waals surface area contributed by atoms with Crippen LogP contribution in [0.1, 0.15) is 25.7 Å². The third-order valence-corrected chi connectivity index (χ3v) is 6.61. The number of para-hydroxylation sites is 2. The van der Waals surface area contributed by atoms with Gasteiger partial charge in [0, 0.05) is 38.6 Å². The number of amides is 1. The highest BCUT2D eigenvalue weighted by atomic mass is 16.5. The Kier molecular flexibility index (Phi) is 6.20. The summed E-state index contributed by atoms with van der Waals surface area (Å²) in [7, 11) is 1.74. The predicted octanol–water partition coefficient (Wildman–Crippen LogP) is 2.93. The fraction of sp³-hybridized carbons (Fsp3) is 0.609. The molecule has 3 aliphatic rings. The Hall–Kier alpha value is -2.01. The summed E-state index contributed by atoms with van der Waals surface area (Å²) in [5, 5.41) is 3.17. The fourth-order valence-electron chi connectivity index (χ4n) is 4.99. The Morgan fingerprint density at radius 2 is 1.93 bits per heavy atom. The van der Waals surface area contributed by atoms with Gasteiger partial charge in [0.1, 0.15) is 5.75 Å². The molecule has 0 aromatic heterocycles. The van der Waals surface area contributed by atoms with Crippen LogP contribution >= 0.6 is 0 Å². The minimum Gasteiger partial charge on any atom is -0.495 e. The van der Waals surface area contributed by atoms with E-state index >= 15 is 0 Å². The summed E-state index contributed by atoms with van der Waals surface area (Å²) in [6, 6.07) is 8.27.